The van der Waals surface area contributed by atoms with Crippen molar-refractivity contribution in [2.45, 2.75) is 0 Å². The molecule has 1 N–H and O–H groups in total. The molecule has 8 heteroatoms. The van der Waals surface area contributed by atoms with Gasteiger partial charge < -0.3 is 15.0 Å². The Morgan fingerprint density at radius 2 is 2.00 bits per heavy atom. The molecule has 1 heterocycles. The highest BCUT2D eigenvalue weighted by molar-refractivity contribution is 6.01. The summed E-state index contributed by atoms with van der Waals surface area (Å²) in [5.41, 5.74) is 2.47. The number of benzene rings is 2. The zero-order valence-corrected chi connectivity index (χ0v) is 14.8. The lowest BCUT2D eigenvalue weighted by Crippen LogP contribution is -2.35. The molecule has 3 rings (SSSR count). The van der Waals surface area contributed by atoms with Crippen LogP contribution in [-0.4, -0.2) is 52.4 Å². The first kappa shape index (κ1) is 17.4. The smallest absolute Gasteiger partial charge is 0.254 e. The van der Waals surface area contributed by atoms with Crippen LogP contribution >= 0.6 is 0 Å². The first-order valence-corrected chi connectivity index (χ1v) is 7.97. The van der Waals surface area contributed by atoms with Crippen LogP contribution < -0.4 is 10.1 Å². The Balaban J connectivity index is 1.68. The third kappa shape index (κ3) is 3.49. The van der Waals surface area contributed by atoms with Crippen LogP contribution in [0, 0.1) is 0 Å². The SMILES string of the molecule is COc1ccccc1NC(=O)CN(C)C(=O)c1ccc2c(c1)nnn2C. The summed E-state index contributed by atoms with van der Waals surface area (Å²) in [4.78, 5) is 26.2. The largest absolute Gasteiger partial charge is 0.495 e. The number of fused-ring (bicyclic) bond motifs is 1. The second kappa shape index (κ2) is 7.22. The highest BCUT2D eigenvalue weighted by Crippen LogP contribution is 2.23. The van der Waals surface area contributed by atoms with Crippen molar-refractivity contribution in [3.8, 4) is 5.75 Å². The molecule has 0 spiro atoms. The number of anilines is 1. The van der Waals surface area contributed by atoms with E-state index in [1.54, 1.807) is 55.2 Å². The number of aryl methyl sites for hydroxylation is 1. The number of methoxy groups -OCH3 is 1. The number of carbonyl (C=O) groups excluding carboxylic acids is 2. The number of nitrogens with zero attached hydrogens (tertiary/aromatic N) is 4. The Morgan fingerprint density at radius 3 is 2.77 bits per heavy atom. The van der Waals surface area contributed by atoms with E-state index in [9.17, 15) is 9.59 Å². The van der Waals surface area contributed by atoms with Crippen LogP contribution in [-0.2, 0) is 11.8 Å². The number of likely N-dealkylation sites (N-methyl/N-ethyl adjacent to an activating group) is 1. The molecule has 0 aliphatic carbocycles. The van der Waals surface area contributed by atoms with E-state index in [4.69, 9.17) is 4.74 Å². The standard InChI is InChI=1S/C18H19N5O3/c1-22(11-17(24)19-13-6-4-5-7-16(13)26-3)18(25)12-8-9-15-14(10-12)20-21-23(15)2/h4-10H,11H2,1-3H3,(H,19,24). The van der Waals surface area contributed by atoms with Gasteiger partial charge in [-0.25, -0.2) is 4.68 Å². The molecule has 0 saturated heterocycles. The number of carbonyl (C=O) groups is 2. The fraction of sp³-hybridized carbons (Fsp3) is 0.222. The van der Waals surface area contributed by atoms with Gasteiger partial charge in [-0.05, 0) is 30.3 Å². The molecule has 1 aromatic heterocycles. The Labute approximate surface area is 150 Å². The highest BCUT2D eigenvalue weighted by atomic mass is 16.5. The van der Waals surface area contributed by atoms with Crippen molar-refractivity contribution in [3.05, 3.63) is 48.0 Å². The summed E-state index contributed by atoms with van der Waals surface area (Å²) in [7, 11) is 4.89. The molecule has 2 amide bonds. The van der Waals surface area contributed by atoms with Crippen LogP contribution in [0.3, 0.4) is 0 Å². The number of ether oxygens (including phenoxy) is 1. The molecule has 0 fully saturated rings. The van der Waals surface area contributed by atoms with E-state index in [0.717, 1.165) is 5.52 Å². The van der Waals surface area contributed by atoms with Gasteiger partial charge in [0, 0.05) is 19.7 Å². The molecule has 0 saturated carbocycles. The number of hydrogen-bond acceptors (Lipinski definition) is 5. The fourth-order valence-corrected chi connectivity index (χ4v) is 2.62. The Kier molecular flexibility index (Phi) is 4.83. The summed E-state index contributed by atoms with van der Waals surface area (Å²) in [6, 6.07) is 12.2. The predicted octanol–water partition coefficient (Wildman–Crippen LogP) is 1.69. The van der Waals surface area contributed by atoms with Gasteiger partial charge in [-0.2, -0.15) is 0 Å². The summed E-state index contributed by atoms with van der Waals surface area (Å²) >= 11 is 0. The number of rotatable bonds is 5. The first-order chi connectivity index (χ1) is 12.5. The molecule has 2 aromatic carbocycles. The topological polar surface area (TPSA) is 89.3 Å². The van der Waals surface area contributed by atoms with Gasteiger partial charge in [0.2, 0.25) is 5.91 Å². The van der Waals surface area contributed by atoms with E-state index in [-0.39, 0.29) is 18.4 Å². The Hall–Kier alpha value is -3.42. The zero-order valence-electron chi connectivity index (χ0n) is 14.8. The second-order valence-electron chi connectivity index (χ2n) is 5.83. The number of nitrogens with one attached hydrogen (secondary N) is 1. The molecule has 26 heavy (non-hydrogen) atoms. The van der Waals surface area contributed by atoms with Crippen molar-refractivity contribution < 1.29 is 14.3 Å². The van der Waals surface area contributed by atoms with Gasteiger partial charge in [0.1, 0.15) is 11.3 Å². The van der Waals surface area contributed by atoms with Crippen LogP contribution in [0.4, 0.5) is 5.69 Å². The summed E-state index contributed by atoms with van der Waals surface area (Å²) < 4.78 is 6.83. The highest BCUT2D eigenvalue weighted by Gasteiger charge is 2.17. The Bertz CT molecular complexity index is 966. The summed E-state index contributed by atoms with van der Waals surface area (Å²) in [6.07, 6.45) is 0. The van der Waals surface area contributed by atoms with Crippen molar-refractivity contribution in [1.29, 1.82) is 0 Å². The molecule has 0 bridgehead atoms. The predicted molar refractivity (Wildman–Crippen MR) is 97.1 cm³/mol. The molecular weight excluding hydrogens is 334 g/mol. The molecule has 0 aliphatic rings. The monoisotopic (exact) mass is 353 g/mol. The van der Waals surface area contributed by atoms with E-state index in [1.165, 1.54) is 12.0 Å². The van der Waals surface area contributed by atoms with Gasteiger partial charge in [0.25, 0.3) is 5.91 Å². The molecule has 0 unspecified atom stereocenters. The lowest BCUT2D eigenvalue weighted by molar-refractivity contribution is -0.116. The fourth-order valence-electron chi connectivity index (χ4n) is 2.62. The lowest BCUT2D eigenvalue weighted by atomic mass is 10.1. The Morgan fingerprint density at radius 1 is 1.23 bits per heavy atom. The summed E-state index contributed by atoms with van der Waals surface area (Å²) in [5.74, 6) is -0.0263. The zero-order chi connectivity index (χ0) is 18.7. The van der Waals surface area contributed by atoms with Crippen molar-refractivity contribution in [1.82, 2.24) is 19.9 Å². The number of hydrogen-bond donors (Lipinski definition) is 1. The van der Waals surface area contributed by atoms with E-state index < -0.39 is 0 Å². The summed E-state index contributed by atoms with van der Waals surface area (Å²) in [6.45, 7) is -0.0879. The van der Waals surface area contributed by atoms with Gasteiger partial charge >= 0.3 is 0 Å². The van der Waals surface area contributed by atoms with Crippen LogP contribution in [0.25, 0.3) is 11.0 Å². The van der Waals surface area contributed by atoms with Crippen LogP contribution in [0.15, 0.2) is 42.5 Å². The maximum absolute atomic E-state index is 12.6. The van der Waals surface area contributed by atoms with Crippen molar-refractivity contribution in [2.75, 3.05) is 26.0 Å². The lowest BCUT2D eigenvalue weighted by Gasteiger charge is -2.17. The minimum Gasteiger partial charge on any atom is -0.495 e. The minimum atomic E-state index is -0.314. The molecule has 0 atom stereocenters. The maximum atomic E-state index is 12.6. The van der Waals surface area contributed by atoms with Crippen LogP contribution in [0.2, 0.25) is 0 Å². The normalized spacial score (nSPS) is 10.6. The molecule has 0 radical (unpaired) electrons. The molecular formula is C18H19N5O3. The molecule has 3 aromatic rings. The van der Waals surface area contributed by atoms with E-state index in [2.05, 4.69) is 15.6 Å². The minimum absolute atomic E-state index is 0.0879. The van der Waals surface area contributed by atoms with Crippen LogP contribution in [0.1, 0.15) is 10.4 Å². The van der Waals surface area contributed by atoms with Crippen LogP contribution in [0.5, 0.6) is 5.75 Å². The number of para-hydroxylation sites is 2. The van der Waals surface area contributed by atoms with Gasteiger partial charge in [-0.1, -0.05) is 17.3 Å². The number of amides is 2. The molecule has 8 nitrogen and oxygen atoms in total. The van der Waals surface area contributed by atoms with Crippen molar-refractivity contribution in [2.24, 2.45) is 7.05 Å². The van der Waals surface area contributed by atoms with Crippen molar-refractivity contribution >= 4 is 28.5 Å². The average molecular weight is 353 g/mol. The molecule has 134 valence electrons. The first-order valence-electron chi connectivity index (χ1n) is 7.97. The quantitative estimate of drug-likeness (QED) is 0.754. The van der Waals surface area contributed by atoms with Crippen molar-refractivity contribution in [3.63, 3.8) is 0 Å². The van der Waals surface area contributed by atoms with Gasteiger partial charge in [0.05, 0.1) is 24.9 Å². The van der Waals surface area contributed by atoms with Gasteiger partial charge in [-0.15, -0.1) is 5.10 Å². The summed E-state index contributed by atoms with van der Waals surface area (Å²) in [5, 5.41) is 10.7. The van der Waals surface area contributed by atoms with E-state index >= 15 is 0 Å². The molecule has 0 aliphatic heterocycles. The maximum Gasteiger partial charge on any atom is 0.254 e. The third-order valence-corrected chi connectivity index (χ3v) is 3.97. The number of aromatic nitrogens is 3. The van der Waals surface area contributed by atoms with Gasteiger partial charge in [-0.3, -0.25) is 9.59 Å². The second-order valence-corrected chi connectivity index (χ2v) is 5.83. The van der Waals surface area contributed by atoms with E-state index in [1.807, 2.05) is 6.07 Å². The average Bonchev–Trinajstić information content (AvgIpc) is 3.01. The van der Waals surface area contributed by atoms with E-state index in [0.29, 0.717) is 22.5 Å². The van der Waals surface area contributed by atoms with Gasteiger partial charge in [0.15, 0.2) is 0 Å². The third-order valence-electron chi connectivity index (χ3n) is 3.97.